The van der Waals surface area contributed by atoms with Crippen molar-refractivity contribution in [2.45, 2.75) is 13.0 Å². The third kappa shape index (κ3) is 2.85. The van der Waals surface area contributed by atoms with E-state index in [9.17, 15) is 9.18 Å². The summed E-state index contributed by atoms with van der Waals surface area (Å²) in [4.78, 5) is 15.0. The smallest absolute Gasteiger partial charge is 0.338 e. The van der Waals surface area contributed by atoms with Gasteiger partial charge in [-0.1, -0.05) is 6.07 Å². The van der Waals surface area contributed by atoms with Crippen LogP contribution in [0.15, 0.2) is 36.5 Å². The lowest BCUT2D eigenvalue weighted by Gasteiger charge is -2.17. The fourth-order valence-electron chi connectivity index (χ4n) is 1.82. The van der Waals surface area contributed by atoms with Crippen LogP contribution >= 0.6 is 0 Å². The Morgan fingerprint density at radius 3 is 2.80 bits per heavy atom. The molecule has 0 aliphatic heterocycles. The van der Waals surface area contributed by atoms with Gasteiger partial charge < -0.3 is 16.2 Å². The first-order chi connectivity index (χ1) is 9.49. The number of hydrogen-bond acceptors (Lipinski definition) is 4. The standard InChI is InChI=1S/C14H14FN3O2/c1-8(12-4-2-3-5-17-12)18-13-7-10(15)9(14(19)20)6-11(13)16/h2-8,18H,16H2,1H3,(H,19,20). The number of nitrogens with one attached hydrogen (secondary N) is 1. The van der Waals surface area contributed by atoms with E-state index in [0.29, 0.717) is 5.69 Å². The minimum atomic E-state index is -1.35. The van der Waals surface area contributed by atoms with Crippen molar-refractivity contribution in [2.24, 2.45) is 0 Å². The van der Waals surface area contributed by atoms with Gasteiger partial charge in [0, 0.05) is 6.20 Å². The maximum absolute atomic E-state index is 13.6. The summed E-state index contributed by atoms with van der Waals surface area (Å²) in [6.07, 6.45) is 1.66. The molecule has 2 rings (SSSR count). The number of nitrogen functional groups attached to an aromatic ring is 1. The Balaban J connectivity index is 2.26. The molecule has 5 nitrogen and oxygen atoms in total. The first kappa shape index (κ1) is 13.8. The van der Waals surface area contributed by atoms with Crippen LogP contribution in [-0.2, 0) is 0 Å². The molecule has 0 saturated carbocycles. The third-order valence-corrected chi connectivity index (χ3v) is 2.87. The Labute approximate surface area is 115 Å². The van der Waals surface area contributed by atoms with Gasteiger partial charge in [0.05, 0.1) is 28.7 Å². The van der Waals surface area contributed by atoms with E-state index in [4.69, 9.17) is 10.8 Å². The van der Waals surface area contributed by atoms with Crippen LogP contribution in [0, 0.1) is 5.82 Å². The van der Waals surface area contributed by atoms with Crippen molar-refractivity contribution >= 4 is 17.3 Å². The number of pyridine rings is 1. The Kier molecular flexibility index (Phi) is 3.84. The van der Waals surface area contributed by atoms with Crippen LogP contribution in [-0.4, -0.2) is 16.1 Å². The molecule has 4 N–H and O–H groups in total. The van der Waals surface area contributed by atoms with Crippen molar-refractivity contribution in [3.8, 4) is 0 Å². The van der Waals surface area contributed by atoms with Gasteiger partial charge in [-0.2, -0.15) is 0 Å². The molecule has 0 spiro atoms. The number of nitrogens with two attached hydrogens (primary N) is 1. The first-order valence-corrected chi connectivity index (χ1v) is 5.99. The molecule has 0 bridgehead atoms. The molecule has 1 aromatic carbocycles. The molecule has 0 aliphatic rings. The Bertz CT molecular complexity index is 632. The highest BCUT2D eigenvalue weighted by atomic mass is 19.1. The van der Waals surface area contributed by atoms with Crippen LogP contribution in [0.1, 0.15) is 29.0 Å². The maximum atomic E-state index is 13.6. The van der Waals surface area contributed by atoms with Gasteiger partial charge in [-0.05, 0) is 31.2 Å². The highest BCUT2D eigenvalue weighted by Gasteiger charge is 2.15. The van der Waals surface area contributed by atoms with E-state index in [1.54, 1.807) is 12.3 Å². The van der Waals surface area contributed by atoms with Crippen LogP contribution in [0.2, 0.25) is 0 Å². The molecule has 1 aromatic heterocycles. The second kappa shape index (κ2) is 5.56. The predicted molar refractivity (Wildman–Crippen MR) is 74.0 cm³/mol. The quantitative estimate of drug-likeness (QED) is 0.746. The van der Waals surface area contributed by atoms with E-state index in [1.807, 2.05) is 19.1 Å². The Morgan fingerprint density at radius 1 is 1.45 bits per heavy atom. The summed E-state index contributed by atoms with van der Waals surface area (Å²) in [5.41, 5.74) is 6.58. The molecule has 1 unspecified atom stereocenters. The minimum Gasteiger partial charge on any atom is -0.478 e. The molecule has 1 atom stereocenters. The molecule has 20 heavy (non-hydrogen) atoms. The van der Waals surface area contributed by atoms with Crippen molar-refractivity contribution in [1.82, 2.24) is 4.98 Å². The number of halogens is 1. The topological polar surface area (TPSA) is 88.2 Å². The molecule has 104 valence electrons. The van der Waals surface area contributed by atoms with Crippen molar-refractivity contribution < 1.29 is 14.3 Å². The highest BCUT2D eigenvalue weighted by Crippen LogP contribution is 2.26. The van der Waals surface area contributed by atoms with Crippen LogP contribution in [0.3, 0.4) is 0 Å². The molecule has 2 aromatic rings. The number of aromatic nitrogens is 1. The molecule has 0 fully saturated rings. The van der Waals surface area contributed by atoms with Gasteiger partial charge in [-0.3, -0.25) is 4.98 Å². The summed E-state index contributed by atoms with van der Waals surface area (Å²) >= 11 is 0. The summed E-state index contributed by atoms with van der Waals surface area (Å²) in [6, 6.07) is 7.47. The zero-order chi connectivity index (χ0) is 14.7. The molecule has 0 aliphatic carbocycles. The van der Waals surface area contributed by atoms with E-state index >= 15 is 0 Å². The average molecular weight is 275 g/mol. The molecular weight excluding hydrogens is 261 g/mol. The third-order valence-electron chi connectivity index (χ3n) is 2.87. The molecule has 6 heteroatoms. The van der Waals surface area contributed by atoms with Gasteiger partial charge in [0.2, 0.25) is 0 Å². The molecule has 0 amide bonds. The van der Waals surface area contributed by atoms with Crippen molar-refractivity contribution in [2.75, 3.05) is 11.1 Å². The molecular formula is C14H14FN3O2. The summed E-state index contributed by atoms with van der Waals surface area (Å²) < 4.78 is 13.6. The zero-order valence-electron chi connectivity index (χ0n) is 10.8. The van der Waals surface area contributed by atoms with E-state index in [2.05, 4.69) is 10.3 Å². The normalized spacial score (nSPS) is 11.9. The predicted octanol–water partition coefficient (Wildman–Crippen LogP) is 2.67. The van der Waals surface area contributed by atoms with E-state index in [-0.39, 0.29) is 11.7 Å². The largest absolute Gasteiger partial charge is 0.478 e. The van der Waals surface area contributed by atoms with Gasteiger partial charge in [-0.25, -0.2) is 9.18 Å². The van der Waals surface area contributed by atoms with Gasteiger partial charge in [-0.15, -0.1) is 0 Å². The fraction of sp³-hybridized carbons (Fsp3) is 0.143. The second-order valence-corrected chi connectivity index (χ2v) is 4.35. The molecule has 0 saturated heterocycles. The monoisotopic (exact) mass is 275 g/mol. The van der Waals surface area contributed by atoms with Crippen LogP contribution in [0.25, 0.3) is 0 Å². The number of carbonyl (C=O) groups is 1. The van der Waals surface area contributed by atoms with Crippen molar-refractivity contribution in [3.63, 3.8) is 0 Å². The maximum Gasteiger partial charge on any atom is 0.338 e. The summed E-state index contributed by atoms with van der Waals surface area (Å²) in [5.74, 6) is -2.18. The van der Waals surface area contributed by atoms with Gasteiger partial charge >= 0.3 is 5.97 Å². The van der Waals surface area contributed by atoms with Crippen LogP contribution in [0.4, 0.5) is 15.8 Å². The van der Waals surface area contributed by atoms with E-state index in [0.717, 1.165) is 17.8 Å². The number of carboxylic acids is 1. The lowest BCUT2D eigenvalue weighted by molar-refractivity contribution is 0.0692. The number of aromatic carboxylic acids is 1. The minimum absolute atomic E-state index is 0.173. The van der Waals surface area contributed by atoms with Crippen LogP contribution in [0.5, 0.6) is 0 Å². The number of rotatable bonds is 4. The lowest BCUT2D eigenvalue weighted by Crippen LogP contribution is -2.11. The van der Waals surface area contributed by atoms with Crippen LogP contribution < -0.4 is 11.1 Å². The highest BCUT2D eigenvalue weighted by molar-refractivity contribution is 5.90. The summed E-state index contributed by atoms with van der Waals surface area (Å²) in [6.45, 7) is 1.85. The number of hydrogen-bond donors (Lipinski definition) is 3. The fourth-order valence-corrected chi connectivity index (χ4v) is 1.82. The SMILES string of the molecule is CC(Nc1cc(F)c(C(=O)O)cc1N)c1ccccn1. The summed E-state index contributed by atoms with van der Waals surface area (Å²) in [7, 11) is 0. The first-order valence-electron chi connectivity index (χ1n) is 5.99. The second-order valence-electron chi connectivity index (χ2n) is 4.35. The zero-order valence-corrected chi connectivity index (χ0v) is 10.8. The summed E-state index contributed by atoms with van der Waals surface area (Å²) in [5, 5.41) is 11.8. The average Bonchev–Trinajstić information content (AvgIpc) is 2.43. The lowest BCUT2D eigenvalue weighted by atomic mass is 10.1. The van der Waals surface area contributed by atoms with Gasteiger partial charge in [0.15, 0.2) is 0 Å². The number of nitrogens with zero attached hydrogens (tertiary/aromatic N) is 1. The van der Waals surface area contributed by atoms with E-state index < -0.39 is 17.3 Å². The Hall–Kier alpha value is -2.63. The molecule has 0 radical (unpaired) electrons. The number of anilines is 2. The van der Waals surface area contributed by atoms with Gasteiger partial charge in [0.25, 0.3) is 0 Å². The van der Waals surface area contributed by atoms with E-state index in [1.165, 1.54) is 0 Å². The van der Waals surface area contributed by atoms with Crippen molar-refractivity contribution in [1.29, 1.82) is 0 Å². The Morgan fingerprint density at radius 2 is 2.20 bits per heavy atom. The number of carboxylic acid groups (broad SMARTS) is 1. The number of benzene rings is 1. The molecule has 1 heterocycles. The van der Waals surface area contributed by atoms with Crippen molar-refractivity contribution in [3.05, 3.63) is 53.6 Å². The van der Waals surface area contributed by atoms with Gasteiger partial charge in [0.1, 0.15) is 5.82 Å².